The standard InChI is InChI=1S/C12H23NO/c1-2-11-6-9-14-12(10-13-11)7-4-3-5-8-12/h11,13H,2-10H2,1H3. The Morgan fingerprint density at radius 2 is 2.07 bits per heavy atom. The van der Waals surface area contributed by atoms with Crippen molar-refractivity contribution in [2.75, 3.05) is 13.2 Å². The Morgan fingerprint density at radius 1 is 1.29 bits per heavy atom. The fourth-order valence-electron chi connectivity index (χ4n) is 2.77. The van der Waals surface area contributed by atoms with Crippen LogP contribution in [0, 0.1) is 0 Å². The first-order valence-electron chi connectivity index (χ1n) is 6.22. The summed E-state index contributed by atoms with van der Waals surface area (Å²) in [6.07, 6.45) is 9.10. The number of ether oxygens (including phenoxy) is 1. The molecule has 1 aliphatic carbocycles. The van der Waals surface area contributed by atoms with Crippen LogP contribution >= 0.6 is 0 Å². The van der Waals surface area contributed by atoms with Gasteiger partial charge in [-0.25, -0.2) is 0 Å². The van der Waals surface area contributed by atoms with Crippen molar-refractivity contribution in [1.29, 1.82) is 0 Å². The molecule has 2 heteroatoms. The van der Waals surface area contributed by atoms with Crippen molar-refractivity contribution < 1.29 is 4.74 Å². The zero-order valence-electron chi connectivity index (χ0n) is 9.35. The SMILES string of the molecule is CCC1CCOC2(CCCCC2)CN1. The molecule has 1 atom stereocenters. The van der Waals surface area contributed by atoms with Crippen molar-refractivity contribution in [1.82, 2.24) is 5.32 Å². The van der Waals surface area contributed by atoms with Gasteiger partial charge in [0.2, 0.25) is 0 Å². The van der Waals surface area contributed by atoms with Gasteiger partial charge in [0.1, 0.15) is 0 Å². The van der Waals surface area contributed by atoms with Gasteiger partial charge in [-0.15, -0.1) is 0 Å². The van der Waals surface area contributed by atoms with Crippen molar-refractivity contribution in [3.05, 3.63) is 0 Å². The molecule has 1 unspecified atom stereocenters. The fourth-order valence-corrected chi connectivity index (χ4v) is 2.77. The highest BCUT2D eigenvalue weighted by molar-refractivity contribution is 4.89. The highest BCUT2D eigenvalue weighted by atomic mass is 16.5. The molecular formula is C12H23NO. The third-order valence-corrected chi connectivity index (χ3v) is 3.85. The molecule has 0 bridgehead atoms. The fraction of sp³-hybridized carbons (Fsp3) is 1.00. The van der Waals surface area contributed by atoms with E-state index in [-0.39, 0.29) is 5.60 Å². The summed E-state index contributed by atoms with van der Waals surface area (Å²) in [6, 6.07) is 0.691. The molecule has 1 aliphatic heterocycles. The maximum Gasteiger partial charge on any atom is 0.0806 e. The van der Waals surface area contributed by atoms with Crippen LogP contribution in [0.2, 0.25) is 0 Å². The Morgan fingerprint density at radius 3 is 2.79 bits per heavy atom. The lowest BCUT2D eigenvalue weighted by Gasteiger charge is -2.36. The van der Waals surface area contributed by atoms with Crippen LogP contribution in [0.3, 0.4) is 0 Å². The quantitative estimate of drug-likeness (QED) is 0.697. The molecule has 2 aliphatic rings. The van der Waals surface area contributed by atoms with Crippen LogP contribution in [0.4, 0.5) is 0 Å². The van der Waals surface area contributed by atoms with Gasteiger partial charge in [-0.05, 0) is 25.7 Å². The van der Waals surface area contributed by atoms with Gasteiger partial charge in [0.05, 0.1) is 5.60 Å². The molecule has 14 heavy (non-hydrogen) atoms. The molecule has 2 nitrogen and oxygen atoms in total. The normalized spacial score (nSPS) is 32.8. The summed E-state index contributed by atoms with van der Waals surface area (Å²) in [5.74, 6) is 0. The minimum Gasteiger partial charge on any atom is -0.374 e. The molecule has 1 spiro atoms. The van der Waals surface area contributed by atoms with E-state index in [4.69, 9.17) is 4.74 Å². The number of hydrogen-bond acceptors (Lipinski definition) is 2. The third-order valence-electron chi connectivity index (χ3n) is 3.85. The molecule has 1 saturated carbocycles. The van der Waals surface area contributed by atoms with Crippen LogP contribution in [0.25, 0.3) is 0 Å². The molecule has 0 radical (unpaired) electrons. The van der Waals surface area contributed by atoms with E-state index in [1.54, 1.807) is 0 Å². The van der Waals surface area contributed by atoms with E-state index in [1.807, 2.05) is 0 Å². The molecule has 2 fully saturated rings. The molecule has 1 saturated heterocycles. The van der Waals surface area contributed by atoms with Crippen molar-refractivity contribution in [2.45, 2.75) is 63.5 Å². The molecule has 0 amide bonds. The zero-order chi connectivity index (χ0) is 9.86. The summed E-state index contributed by atoms with van der Waals surface area (Å²) in [5.41, 5.74) is 0.210. The first kappa shape index (κ1) is 10.4. The zero-order valence-corrected chi connectivity index (χ0v) is 9.35. The van der Waals surface area contributed by atoms with E-state index in [0.29, 0.717) is 6.04 Å². The lowest BCUT2D eigenvalue weighted by Crippen LogP contribution is -2.44. The highest BCUT2D eigenvalue weighted by Crippen LogP contribution is 2.32. The smallest absolute Gasteiger partial charge is 0.0806 e. The van der Waals surface area contributed by atoms with Crippen molar-refractivity contribution in [3.63, 3.8) is 0 Å². The van der Waals surface area contributed by atoms with E-state index in [0.717, 1.165) is 13.2 Å². The predicted molar refractivity (Wildman–Crippen MR) is 58.5 cm³/mol. The van der Waals surface area contributed by atoms with Gasteiger partial charge in [-0.1, -0.05) is 26.2 Å². The van der Waals surface area contributed by atoms with E-state index in [2.05, 4.69) is 12.2 Å². The Bertz CT molecular complexity index is 175. The van der Waals surface area contributed by atoms with Gasteiger partial charge >= 0.3 is 0 Å². The van der Waals surface area contributed by atoms with Gasteiger partial charge in [0.25, 0.3) is 0 Å². The van der Waals surface area contributed by atoms with E-state index < -0.39 is 0 Å². The Hall–Kier alpha value is -0.0800. The number of nitrogens with one attached hydrogen (secondary N) is 1. The summed E-state index contributed by atoms with van der Waals surface area (Å²) in [7, 11) is 0. The van der Waals surface area contributed by atoms with Crippen LogP contribution in [-0.4, -0.2) is 24.8 Å². The van der Waals surface area contributed by atoms with Crippen LogP contribution in [0.5, 0.6) is 0 Å². The average molecular weight is 197 g/mol. The Labute approximate surface area is 87.4 Å². The second kappa shape index (κ2) is 4.63. The molecule has 0 aromatic heterocycles. The summed E-state index contributed by atoms with van der Waals surface area (Å²) >= 11 is 0. The van der Waals surface area contributed by atoms with Gasteiger partial charge < -0.3 is 10.1 Å². The largest absolute Gasteiger partial charge is 0.374 e. The minimum absolute atomic E-state index is 0.210. The van der Waals surface area contributed by atoms with Crippen LogP contribution in [-0.2, 0) is 4.74 Å². The monoisotopic (exact) mass is 197 g/mol. The van der Waals surface area contributed by atoms with Crippen molar-refractivity contribution in [3.8, 4) is 0 Å². The average Bonchev–Trinajstić information content (AvgIpc) is 2.42. The van der Waals surface area contributed by atoms with Gasteiger partial charge in [0.15, 0.2) is 0 Å². The van der Waals surface area contributed by atoms with E-state index in [1.165, 1.54) is 44.9 Å². The first-order valence-corrected chi connectivity index (χ1v) is 6.22. The van der Waals surface area contributed by atoms with Gasteiger partial charge in [0, 0.05) is 19.2 Å². The Kier molecular flexibility index (Phi) is 3.45. The molecule has 0 aromatic carbocycles. The third kappa shape index (κ3) is 2.29. The molecule has 1 heterocycles. The lowest BCUT2D eigenvalue weighted by molar-refractivity contribution is -0.0581. The van der Waals surface area contributed by atoms with Crippen LogP contribution < -0.4 is 5.32 Å². The van der Waals surface area contributed by atoms with Crippen LogP contribution in [0.1, 0.15) is 51.9 Å². The molecular weight excluding hydrogens is 174 g/mol. The van der Waals surface area contributed by atoms with E-state index >= 15 is 0 Å². The van der Waals surface area contributed by atoms with Crippen LogP contribution in [0.15, 0.2) is 0 Å². The predicted octanol–water partition coefficient (Wildman–Crippen LogP) is 2.48. The molecule has 1 N–H and O–H groups in total. The summed E-state index contributed by atoms with van der Waals surface area (Å²) in [5, 5.41) is 3.67. The summed E-state index contributed by atoms with van der Waals surface area (Å²) < 4.78 is 6.10. The Balaban J connectivity index is 1.92. The molecule has 82 valence electrons. The van der Waals surface area contributed by atoms with Gasteiger partial charge in [-0.3, -0.25) is 0 Å². The summed E-state index contributed by atoms with van der Waals surface area (Å²) in [4.78, 5) is 0. The molecule has 2 rings (SSSR count). The topological polar surface area (TPSA) is 21.3 Å². The van der Waals surface area contributed by atoms with Crippen molar-refractivity contribution >= 4 is 0 Å². The number of hydrogen-bond donors (Lipinski definition) is 1. The second-order valence-corrected chi connectivity index (χ2v) is 4.87. The second-order valence-electron chi connectivity index (χ2n) is 4.87. The van der Waals surface area contributed by atoms with Crippen molar-refractivity contribution in [2.24, 2.45) is 0 Å². The van der Waals surface area contributed by atoms with Gasteiger partial charge in [-0.2, -0.15) is 0 Å². The maximum absolute atomic E-state index is 6.10. The lowest BCUT2D eigenvalue weighted by atomic mass is 9.84. The highest BCUT2D eigenvalue weighted by Gasteiger charge is 2.34. The van der Waals surface area contributed by atoms with E-state index in [9.17, 15) is 0 Å². The minimum atomic E-state index is 0.210. The summed E-state index contributed by atoms with van der Waals surface area (Å²) in [6.45, 7) is 4.31. The maximum atomic E-state index is 6.10. The number of rotatable bonds is 1. The first-order chi connectivity index (χ1) is 6.85. The molecule has 0 aromatic rings.